The summed E-state index contributed by atoms with van der Waals surface area (Å²) < 4.78 is 12.8. The minimum absolute atomic E-state index is 0.0982. The molecular weight excluding hydrogens is 225 g/mol. The van der Waals surface area contributed by atoms with E-state index >= 15 is 0 Å². The van der Waals surface area contributed by atoms with Gasteiger partial charge < -0.3 is 0 Å². The molecular formula is C12H12FNOS. The first-order chi connectivity index (χ1) is 7.59. The van der Waals surface area contributed by atoms with Gasteiger partial charge in [-0.3, -0.25) is 4.79 Å². The van der Waals surface area contributed by atoms with Gasteiger partial charge >= 0.3 is 0 Å². The average Bonchev–Trinajstić information content (AvgIpc) is 2.22. The topological polar surface area (TPSA) is 30.0 Å². The number of nitrogens with zero attached hydrogens (tertiary/aromatic N) is 1. The third-order valence-corrected chi connectivity index (χ3v) is 2.59. The summed E-state index contributed by atoms with van der Waals surface area (Å²) in [7, 11) is 0. The van der Waals surface area contributed by atoms with E-state index in [1.54, 1.807) is 13.0 Å². The molecule has 2 nitrogen and oxygen atoms in total. The molecule has 0 aliphatic heterocycles. The molecule has 0 fully saturated rings. The van der Waals surface area contributed by atoms with Crippen molar-refractivity contribution in [3.05, 3.63) is 29.3 Å². The predicted octanol–water partition coefficient (Wildman–Crippen LogP) is 2.55. The van der Waals surface area contributed by atoms with Crippen LogP contribution in [0.4, 0.5) is 4.39 Å². The van der Waals surface area contributed by atoms with Crippen molar-refractivity contribution >= 4 is 16.9 Å². The van der Waals surface area contributed by atoms with Gasteiger partial charge in [-0.25, -0.2) is 4.98 Å². The lowest BCUT2D eigenvalue weighted by atomic mass is 10.2. The fourth-order valence-corrected chi connectivity index (χ4v) is 1.53. The number of aromatic nitrogens is 1. The average molecular weight is 237 g/mol. The summed E-state index contributed by atoms with van der Waals surface area (Å²) in [6.07, 6.45) is 2.05. The summed E-state index contributed by atoms with van der Waals surface area (Å²) >= 11 is 1.25. The van der Waals surface area contributed by atoms with Crippen LogP contribution in [0.25, 0.3) is 0 Å². The smallest absolute Gasteiger partial charge is 0.215 e. The molecule has 84 valence electrons. The summed E-state index contributed by atoms with van der Waals surface area (Å²) in [5, 5.41) is 0.0982. The van der Waals surface area contributed by atoms with Gasteiger partial charge in [0.15, 0.2) is 5.12 Å². The number of thioether (sulfide) groups is 1. The van der Waals surface area contributed by atoms with Crippen molar-refractivity contribution in [2.24, 2.45) is 0 Å². The van der Waals surface area contributed by atoms with E-state index in [0.717, 1.165) is 0 Å². The maximum Gasteiger partial charge on any atom is 0.215 e. The van der Waals surface area contributed by atoms with E-state index in [1.807, 2.05) is 0 Å². The minimum Gasteiger partial charge on any atom is -0.288 e. The van der Waals surface area contributed by atoms with Crippen molar-refractivity contribution in [2.75, 3.05) is 5.75 Å². The first-order valence-electron chi connectivity index (χ1n) is 4.84. The highest BCUT2D eigenvalue weighted by atomic mass is 32.2. The second kappa shape index (κ2) is 6.29. The number of carbonyl (C=O) groups is 1. The van der Waals surface area contributed by atoms with E-state index in [0.29, 0.717) is 23.3 Å². The number of rotatable bonds is 2. The van der Waals surface area contributed by atoms with Gasteiger partial charge in [0.05, 0.1) is 0 Å². The van der Waals surface area contributed by atoms with Crippen LogP contribution in [-0.2, 0) is 4.79 Å². The fraction of sp³-hybridized carbons (Fsp3) is 0.333. The van der Waals surface area contributed by atoms with Gasteiger partial charge in [0.25, 0.3) is 0 Å². The molecule has 1 aromatic heterocycles. The highest BCUT2D eigenvalue weighted by molar-refractivity contribution is 8.13. The molecule has 0 aliphatic carbocycles. The molecule has 0 bridgehead atoms. The lowest BCUT2D eigenvalue weighted by Gasteiger charge is -1.94. The summed E-state index contributed by atoms with van der Waals surface area (Å²) in [6.45, 7) is 3.18. The van der Waals surface area contributed by atoms with Crippen LogP contribution in [0.15, 0.2) is 12.3 Å². The van der Waals surface area contributed by atoms with Crippen LogP contribution in [0.3, 0.4) is 0 Å². The third kappa shape index (κ3) is 4.45. The highest BCUT2D eigenvalue weighted by Crippen LogP contribution is 2.05. The van der Waals surface area contributed by atoms with Crippen LogP contribution >= 0.6 is 11.8 Å². The molecule has 0 saturated carbocycles. The molecule has 0 aromatic carbocycles. The number of hydrogen-bond acceptors (Lipinski definition) is 3. The Morgan fingerprint density at radius 3 is 3.00 bits per heavy atom. The molecule has 0 unspecified atom stereocenters. The van der Waals surface area contributed by atoms with Crippen molar-refractivity contribution in [1.82, 2.24) is 4.98 Å². The maximum atomic E-state index is 12.8. The molecule has 1 aromatic rings. The van der Waals surface area contributed by atoms with Crippen LogP contribution in [-0.4, -0.2) is 15.9 Å². The number of halogens is 1. The minimum atomic E-state index is -0.460. The molecule has 0 spiro atoms. The van der Waals surface area contributed by atoms with Gasteiger partial charge in [-0.1, -0.05) is 23.6 Å². The van der Waals surface area contributed by atoms with E-state index in [-0.39, 0.29) is 5.12 Å². The third-order valence-electron chi connectivity index (χ3n) is 1.78. The monoisotopic (exact) mass is 237 g/mol. The fourth-order valence-electron chi connectivity index (χ4n) is 1.04. The Kier molecular flexibility index (Phi) is 5.00. The van der Waals surface area contributed by atoms with Crippen molar-refractivity contribution in [1.29, 1.82) is 0 Å². The highest BCUT2D eigenvalue weighted by Gasteiger charge is 1.97. The molecule has 0 N–H and O–H groups in total. The largest absolute Gasteiger partial charge is 0.288 e. The van der Waals surface area contributed by atoms with E-state index in [4.69, 9.17) is 0 Å². The van der Waals surface area contributed by atoms with Gasteiger partial charge in [-0.15, -0.1) is 0 Å². The summed E-state index contributed by atoms with van der Waals surface area (Å²) in [4.78, 5) is 14.2. The molecule has 16 heavy (non-hydrogen) atoms. The number of carbonyl (C=O) groups excluding carboxylic acids is 1. The Labute approximate surface area is 98.7 Å². The standard InChI is InChI=1S/C12H12FNOS/c1-9-7-11(8-14-12(9)13)5-3-4-6-16-10(2)15/h7-8H,4,6H2,1-2H3. The van der Waals surface area contributed by atoms with Gasteiger partial charge in [0.2, 0.25) is 5.95 Å². The molecule has 0 radical (unpaired) electrons. The quantitative estimate of drug-likeness (QED) is 0.450. The first-order valence-corrected chi connectivity index (χ1v) is 5.82. The van der Waals surface area contributed by atoms with Crippen molar-refractivity contribution in [2.45, 2.75) is 20.3 Å². The van der Waals surface area contributed by atoms with Crippen molar-refractivity contribution in [3.8, 4) is 11.8 Å². The zero-order valence-corrected chi connectivity index (χ0v) is 10.0. The van der Waals surface area contributed by atoms with E-state index in [2.05, 4.69) is 16.8 Å². The Hall–Kier alpha value is -1.34. The Morgan fingerprint density at radius 1 is 1.62 bits per heavy atom. The summed E-state index contributed by atoms with van der Waals surface area (Å²) in [6, 6.07) is 1.66. The Balaban J connectivity index is 2.50. The SMILES string of the molecule is CC(=O)SCCC#Cc1cnc(F)c(C)c1. The predicted molar refractivity (Wildman–Crippen MR) is 63.6 cm³/mol. The number of hydrogen-bond donors (Lipinski definition) is 0. The maximum absolute atomic E-state index is 12.8. The van der Waals surface area contributed by atoms with Crippen LogP contribution in [0, 0.1) is 24.7 Å². The zero-order chi connectivity index (χ0) is 12.0. The first kappa shape index (κ1) is 12.7. The van der Waals surface area contributed by atoms with Crippen LogP contribution in [0.2, 0.25) is 0 Å². The molecule has 1 rings (SSSR count). The van der Waals surface area contributed by atoms with Crippen LogP contribution in [0.5, 0.6) is 0 Å². The van der Waals surface area contributed by atoms with Crippen LogP contribution in [0.1, 0.15) is 24.5 Å². The summed E-state index contributed by atoms with van der Waals surface area (Å²) in [5.74, 6) is 6.03. The molecule has 0 saturated heterocycles. The van der Waals surface area contributed by atoms with E-state index < -0.39 is 5.95 Å². The zero-order valence-electron chi connectivity index (χ0n) is 9.21. The van der Waals surface area contributed by atoms with Crippen LogP contribution < -0.4 is 0 Å². The van der Waals surface area contributed by atoms with Gasteiger partial charge in [0, 0.05) is 36.4 Å². The number of pyridine rings is 1. The molecule has 0 atom stereocenters. The second-order valence-corrected chi connectivity index (χ2v) is 4.50. The van der Waals surface area contributed by atoms with Gasteiger partial charge in [0.1, 0.15) is 0 Å². The summed E-state index contributed by atoms with van der Waals surface area (Å²) in [5.41, 5.74) is 1.19. The lowest BCUT2D eigenvalue weighted by Crippen LogP contribution is -1.89. The molecule has 1 heterocycles. The van der Waals surface area contributed by atoms with Gasteiger partial charge in [-0.05, 0) is 13.0 Å². The number of aryl methyl sites for hydroxylation is 1. The second-order valence-electron chi connectivity index (χ2n) is 3.22. The van der Waals surface area contributed by atoms with E-state index in [1.165, 1.54) is 24.9 Å². The Morgan fingerprint density at radius 2 is 2.38 bits per heavy atom. The normalized spacial score (nSPS) is 9.44. The van der Waals surface area contributed by atoms with Crippen molar-refractivity contribution < 1.29 is 9.18 Å². The van der Waals surface area contributed by atoms with Crippen molar-refractivity contribution in [3.63, 3.8) is 0 Å². The van der Waals surface area contributed by atoms with Gasteiger partial charge in [-0.2, -0.15) is 4.39 Å². The van der Waals surface area contributed by atoms with E-state index in [9.17, 15) is 9.18 Å². The molecule has 0 aliphatic rings. The Bertz CT molecular complexity index is 448. The lowest BCUT2D eigenvalue weighted by molar-refractivity contribution is -0.109. The molecule has 4 heteroatoms. The molecule has 0 amide bonds.